The number of ether oxygens (including phenoxy) is 2. The molecule has 0 saturated heterocycles. The first-order chi connectivity index (χ1) is 18.6. The zero-order valence-corrected chi connectivity index (χ0v) is 23.9. The van der Waals surface area contributed by atoms with Crippen molar-refractivity contribution in [3.05, 3.63) is 71.8 Å². The van der Waals surface area contributed by atoms with Crippen LogP contribution >= 0.6 is 0 Å². The molecule has 0 radical (unpaired) electrons. The summed E-state index contributed by atoms with van der Waals surface area (Å²) in [6.45, 7) is 8.24. The van der Waals surface area contributed by atoms with Gasteiger partial charge in [-0.3, -0.25) is 19.2 Å². The fraction of sp³-hybridized carbons (Fsp3) is 0.515. The third-order valence-electron chi connectivity index (χ3n) is 7.10. The van der Waals surface area contributed by atoms with Gasteiger partial charge in [-0.05, 0) is 42.2 Å². The molecule has 4 atom stereocenters. The van der Waals surface area contributed by atoms with Crippen LogP contribution in [0.4, 0.5) is 0 Å². The molecule has 212 valence electrons. The van der Waals surface area contributed by atoms with Gasteiger partial charge < -0.3 is 9.47 Å². The first kappa shape index (κ1) is 31.9. The zero-order valence-electron chi connectivity index (χ0n) is 23.9. The molecule has 2 aromatic carbocycles. The van der Waals surface area contributed by atoms with Crippen LogP contribution in [0.1, 0.15) is 83.8 Å². The molecule has 39 heavy (non-hydrogen) atoms. The van der Waals surface area contributed by atoms with E-state index in [9.17, 15) is 19.2 Å². The molecular weight excluding hydrogens is 492 g/mol. The number of hydrogen-bond acceptors (Lipinski definition) is 6. The predicted molar refractivity (Wildman–Crippen MR) is 151 cm³/mol. The Kier molecular flexibility index (Phi) is 14.2. The number of ketones is 2. The number of hydrogen-bond donors (Lipinski definition) is 0. The summed E-state index contributed by atoms with van der Waals surface area (Å²) in [7, 11) is 0. The summed E-state index contributed by atoms with van der Waals surface area (Å²) in [4.78, 5) is 49.3. The Balaban J connectivity index is 1.59. The number of carbonyl (C=O) groups excluding carboxylic acids is 4. The summed E-state index contributed by atoms with van der Waals surface area (Å²) in [5.41, 5.74) is 1.84. The van der Waals surface area contributed by atoms with Crippen molar-refractivity contribution in [3.63, 3.8) is 0 Å². The van der Waals surface area contributed by atoms with Gasteiger partial charge in [0.25, 0.3) is 0 Å². The van der Waals surface area contributed by atoms with Gasteiger partial charge in [0.1, 0.15) is 24.8 Å². The third-order valence-corrected chi connectivity index (χ3v) is 7.10. The second-order valence-corrected chi connectivity index (χ2v) is 11.0. The number of Topliss-reactive ketones (excluding diaryl/α,β-unsaturated/α-hetero) is 2. The Morgan fingerprint density at radius 1 is 0.590 bits per heavy atom. The van der Waals surface area contributed by atoms with E-state index < -0.39 is 0 Å². The third kappa shape index (κ3) is 13.4. The number of benzene rings is 2. The van der Waals surface area contributed by atoms with E-state index in [4.69, 9.17) is 9.47 Å². The minimum absolute atomic E-state index is 0.0781. The maximum Gasteiger partial charge on any atom is 0.306 e. The van der Waals surface area contributed by atoms with Gasteiger partial charge in [0.15, 0.2) is 0 Å². The lowest BCUT2D eigenvalue weighted by atomic mass is 9.87. The number of rotatable bonds is 18. The fourth-order valence-corrected chi connectivity index (χ4v) is 4.51. The lowest BCUT2D eigenvalue weighted by molar-refractivity contribution is -0.148. The van der Waals surface area contributed by atoms with E-state index in [-0.39, 0.29) is 61.4 Å². The van der Waals surface area contributed by atoms with Gasteiger partial charge in [-0.1, -0.05) is 88.4 Å². The van der Waals surface area contributed by atoms with Crippen molar-refractivity contribution in [2.24, 2.45) is 23.7 Å². The van der Waals surface area contributed by atoms with E-state index in [0.29, 0.717) is 24.7 Å². The van der Waals surface area contributed by atoms with Crippen molar-refractivity contribution in [1.29, 1.82) is 0 Å². The summed E-state index contributed by atoms with van der Waals surface area (Å²) in [5.74, 6) is -0.616. The van der Waals surface area contributed by atoms with E-state index in [1.54, 1.807) is 13.8 Å². The molecule has 2 aromatic rings. The maximum absolute atomic E-state index is 12.6. The quantitative estimate of drug-likeness (QED) is 0.193. The Morgan fingerprint density at radius 3 is 1.31 bits per heavy atom. The van der Waals surface area contributed by atoms with Gasteiger partial charge in [0.05, 0.1) is 12.8 Å². The fourth-order valence-electron chi connectivity index (χ4n) is 4.51. The largest absolute Gasteiger partial charge is 0.461 e. The molecule has 0 N–H and O–H groups in total. The average molecular weight is 537 g/mol. The lowest BCUT2D eigenvalue weighted by Crippen LogP contribution is -2.19. The van der Waals surface area contributed by atoms with Gasteiger partial charge in [-0.15, -0.1) is 0 Å². The van der Waals surface area contributed by atoms with Gasteiger partial charge in [-0.25, -0.2) is 0 Å². The number of carbonyl (C=O) groups is 4. The monoisotopic (exact) mass is 536 g/mol. The van der Waals surface area contributed by atoms with Crippen LogP contribution in [0.15, 0.2) is 60.7 Å². The Hall–Kier alpha value is -3.28. The van der Waals surface area contributed by atoms with Crippen LogP contribution in [0.2, 0.25) is 0 Å². The molecule has 0 aromatic heterocycles. The van der Waals surface area contributed by atoms with Crippen LogP contribution < -0.4 is 0 Å². The lowest BCUT2D eigenvalue weighted by Gasteiger charge is -2.18. The van der Waals surface area contributed by atoms with Crippen LogP contribution in [0, 0.1) is 23.7 Å². The molecule has 0 aliphatic carbocycles. The van der Waals surface area contributed by atoms with E-state index in [2.05, 4.69) is 13.8 Å². The standard InChI is InChI=1S/C33H44O6/c1-24(15-17-30(34)26(3)20-32(36)38-22-28-11-7-5-8-12-28)19-25(2)16-18-31(35)27(4)21-33(37)39-23-29-13-9-6-10-14-29/h5-14,24-27H,15-23H2,1-4H3. The Bertz CT molecular complexity index is 949. The minimum Gasteiger partial charge on any atom is -0.461 e. The SMILES string of the molecule is CC(CCC(=O)C(C)CC(=O)OCc1ccccc1)CC(C)CCC(=O)C(C)CC(=O)OCc1ccccc1. The molecule has 2 rings (SSSR count). The molecule has 0 aliphatic rings. The summed E-state index contributed by atoms with van der Waals surface area (Å²) in [6.07, 6.45) is 3.48. The molecule has 0 amide bonds. The maximum atomic E-state index is 12.6. The highest BCUT2D eigenvalue weighted by Crippen LogP contribution is 2.23. The summed E-state index contributed by atoms with van der Waals surface area (Å²) in [6, 6.07) is 19.0. The molecule has 6 nitrogen and oxygen atoms in total. The normalized spacial score (nSPS) is 14.1. The molecule has 0 saturated carbocycles. The zero-order chi connectivity index (χ0) is 28.6. The van der Waals surface area contributed by atoms with E-state index >= 15 is 0 Å². The second-order valence-electron chi connectivity index (χ2n) is 11.0. The molecule has 0 spiro atoms. The predicted octanol–water partition coefficient (Wildman–Crippen LogP) is 6.89. The van der Waals surface area contributed by atoms with Crippen molar-refractivity contribution >= 4 is 23.5 Å². The Labute approximate surface area is 233 Å². The van der Waals surface area contributed by atoms with Crippen molar-refractivity contribution in [2.75, 3.05) is 0 Å². The van der Waals surface area contributed by atoms with Crippen LogP contribution in [0.25, 0.3) is 0 Å². The molecule has 0 bridgehead atoms. The van der Waals surface area contributed by atoms with Crippen molar-refractivity contribution in [3.8, 4) is 0 Å². The summed E-state index contributed by atoms with van der Waals surface area (Å²) in [5, 5.41) is 0. The highest BCUT2D eigenvalue weighted by atomic mass is 16.5. The van der Waals surface area contributed by atoms with Gasteiger partial charge in [0.2, 0.25) is 0 Å². The number of esters is 2. The first-order valence-electron chi connectivity index (χ1n) is 14.1. The van der Waals surface area contributed by atoms with Crippen molar-refractivity contribution in [1.82, 2.24) is 0 Å². The van der Waals surface area contributed by atoms with E-state index in [0.717, 1.165) is 30.4 Å². The molecule has 0 aliphatic heterocycles. The van der Waals surface area contributed by atoms with Crippen LogP contribution in [-0.4, -0.2) is 23.5 Å². The first-order valence-corrected chi connectivity index (χ1v) is 14.1. The molecule has 4 unspecified atom stereocenters. The summed E-state index contributed by atoms with van der Waals surface area (Å²) >= 11 is 0. The second kappa shape index (κ2) is 17.3. The summed E-state index contributed by atoms with van der Waals surface area (Å²) < 4.78 is 10.6. The van der Waals surface area contributed by atoms with E-state index in [1.807, 2.05) is 60.7 Å². The van der Waals surface area contributed by atoms with Crippen LogP contribution in [0.5, 0.6) is 0 Å². The van der Waals surface area contributed by atoms with Crippen LogP contribution in [0.3, 0.4) is 0 Å². The van der Waals surface area contributed by atoms with Crippen molar-refractivity contribution in [2.45, 2.75) is 85.9 Å². The van der Waals surface area contributed by atoms with Gasteiger partial charge in [-0.2, -0.15) is 0 Å². The minimum atomic E-state index is -0.364. The van der Waals surface area contributed by atoms with Crippen LogP contribution in [-0.2, 0) is 41.9 Å². The topological polar surface area (TPSA) is 86.7 Å². The smallest absolute Gasteiger partial charge is 0.306 e. The van der Waals surface area contributed by atoms with E-state index in [1.165, 1.54) is 0 Å². The molecule has 0 heterocycles. The van der Waals surface area contributed by atoms with Crippen molar-refractivity contribution < 1.29 is 28.7 Å². The van der Waals surface area contributed by atoms with Gasteiger partial charge >= 0.3 is 11.9 Å². The average Bonchev–Trinajstić information content (AvgIpc) is 2.93. The highest BCUT2D eigenvalue weighted by molar-refractivity contribution is 5.85. The Morgan fingerprint density at radius 2 is 0.949 bits per heavy atom. The molecular formula is C33H44O6. The highest BCUT2D eigenvalue weighted by Gasteiger charge is 2.21. The molecule has 0 fully saturated rings. The van der Waals surface area contributed by atoms with Gasteiger partial charge in [0, 0.05) is 24.7 Å². The molecule has 6 heteroatoms.